The molecule has 0 unspecified atom stereocenters. The largest absolute Gasteiger partial charge is 0.493 e. The van der Waals surface area contributed by atoms with E-state index in [1.54, 1.807) is 0 Å². The van der Waals surface area contributed by atoms with Gasteiger partial charge in [-0.2, -0.15) is 5.48 Å². The maximum Gasteiger partial charge on any atom is 0.166 e. The summed E-state index contributed by atoms with van der Waals surface area (Å²) in [4.78, 5) is 4.72. The molecule has 0 amide bonds. The summed E-state index contributed by atoms with van der Waals surface area (Å²) in [5.41, 5.74) is 3.22. The second kappa shape index (κ2) is 6.03. The maximum atomic E-state index is 13.5. The van der Waals surface area contributed by atoms with Crippen molar-refractivity contribution in [3.63, 3.8) is 0 Å². The van der Waals surface area contributed by atoms with Gasteiger partial charge in [0.05, 0.1) is 32.3 Å². The molecule has 90 valence electrons. The number of nitrogens with one attached hydrogen (secondary N) is 1. The summed E-state index contributed by atoms with van der Waals surface area (Å²) >= 11 is 3.16. The van der Waals surface area contributed by atoms with Gasteiger partial charge in [-0.25, -0.2) is 4.39 Å². The van der Waals surface area contributed by atoms with Crippen molar-refractivity contribution in [2.75, 3.05) is 21.3 Å². The lowest BCUT2D eigenvalue weighted by molar-refractivity contribution is 0.0858. The van der Waals surface area contributed by atoms with Crippen molar-refractivity contribution in [3.05, 3.63) is 21.9 Å². The number of halogens is 2. The Morgan fingerprint density at radius 1 is 1.31 bits per heavy atom. The first-order valence-electron chi connectivity index (χ1n) is 4.50. The normalized spacial score (nSPS) is 10.3. The highest BCUT2D eigenvalue weighted by molar-refractivity contribution is 9.10. The molecule has 1 aromatic rings. The van der Waals surface area contributed by atoms with Crippen LogP contribution in [0.15, 0.2) is 10.5 Å². The van der Waals surface area contributed by atoms with Crippen molar-refractivity contribution in [2.45, 2.75) is 6.54 Å². The summed E-state index contributed by atoms with van der Waals surface area (Å²) in [6.45, 7) is 0.300. The van der Waals surface area contributed by atoms with Crippen LogP contribution in [-0.2, 0) is 11.4 Å². The van der Waals surface area contributed by atoms with Gasteiger partial charge < -0.3 is 14.3 Å². The summed E-state index contributed by atoms with van der Waals surface area (Å²) in [5.74, 6) is 0.405. The molecule has 0 saturated carbocycles. The summed E-state index contributed by atoms with van der Waals surface area (Å²) < 4.78 is 24.1. The van der Waals surface area contributed by atoms with E-state index < -0.39 is 5.82 Å². The number of hydroxylamine groups is 1. The predicted molar refractivity (Wildman–Crippen MR) is 61.1 cm³/mol. The van der Waals surface area contributed by atoms with Crippen LogP contribution in [0.4, 0.5) is 4.39 Å². The van der Waals surface area contributed by atoms with E-state index in [4.69, 9.17) is 14.3 Å². The lowest BCUT2D eigenvalue weighted by Gasteiger charge is -2.15. The molecule has 1 rings (SSSR count). The van der Waals surface area contributed by atoms with E-state index >= 15 is 0 Å². The molecule has 0 atom stereocenters. The second-order valence-corrected chi connectivity index (χ2v) is 3.70. The van der Waals surface area contributed by atoms with E-state index in [2.05, 4.69) is 21.4 Å². The van der Waals surface area contributed by atoms with Gasteiger partial charge in [-0.1, -0.05) is 0 Å². The van der Waals surface area contributed by atoms with Crippen LogP contribution < -0.4 is 15.0 Å². The van der Waals surface area contributed by atoms with E-state index in [1.807, 2.05) is 0 Å². The van der Waals surface area contributed by atoms with Crippen molar-refractivity contribution >= 4 is 15.9 Å². The van der Waals surface area contributed by atoms with E-state index in [9.17, 15) is 4.39 Å². The fraction of sp³-hybridized carbons (Fsp3) is 0.400. The van der Waals surface area contributed by atoms with Crippen LogP contribution in [0.2, 0.25) is 0 Å². The SMILES string of the molecule is CONCc1c(Br)c(F)cc(OC)c1OC. The van der Waals surface area contributed by atoms with Crippen LogP contribution in [0.5, 0.6) is 11.5 Å². The highest BCUT2D eigenvalue weighted by Crippen LogP contribution is 2.37. The van der Waals surface area contributed by atoms with E-state index in [0.717, 1.165) is 0 Å². The molecular formula is C10H13BrFNO3. The van der Waals surface area contributed by atoms with E-state index in [0.29, 0.717) is 28.1 Å². The van der Waals surface area contributed by atoms with Crippen LogP contribution in [0, 0.1) is 5.82 Å². The zero-order chi connectivity index (χ0) is 12.1. The zero-order valence-electron chi connectivity index (χ0n) is 9.27. The van der Waals surface area contributed by atoms with Gasteiger partial charge in [0.2, 0.25) is 0 Å². The summed E-state index contributed by atoms with van der Waals surface area (Å²) in [5, 5.41) is 0. The average molecular weight is 294 g/mol. The highest BCUT2D eigenvalue weighted by atomic mass is 79.9. The minimum Gasteiger partial charge on any atom is -0.493 e. The Labute approximate surface area is 102 Å². The molecule has 4 nitrogen and oxygen atoms in total. The quantitative estimate of drug-likeness (QED) is 0.846. The van der Waals surface area contributed by atoms with Crippen molar-refractivity contribution in [1.82, 2.24) is 5.48 Å². The van der Waals surface area contributed by atoms with Crippen molar-refractivity contribution < 1.29 is 18.7 Å². The standard InChI is InChI=1S/C10H13BrFNO3/c1-14-8-4-7(12)9(11)6(5-13-16-3)10(8)15-2/h4,13H,5H2,1-3H3. The Hall–Kier alpha value is -0.850. The number of hydrogen-bond donors (Lipinski definition) is 1. The Bertz CT molecular complexity index is 374. The Morgan fingerprint density at radius 2 is 2.00 bits per heavy atom. The van der Waals surface area contributed by atoms with Gasteiger partial charge in [-0.05, 0) is 15.9 Å². The topological polar surface area (TPSA) is 39.7 Å². The van der Waals surface area contributed by atoms with Gasteiger partial charge in [0.25, 0.3) is 0 Å². The minimum absolute atomic E-state index is 0.300. The number of benzene rings is 1. The Kier molecular flexibility index (Phi) is 4.98. The molecular weight excluding hydrogens is 281 g/mol. The molecule has 6 heteroatoms. The Morgan fingerprint density at radius 3 is 2.50 bits per heavy atom. The molecule has 0 aliphatic heterocycles. The zero-order valence-corrected chi connectivity index (χ0v) is 10.9. The van der Waals surface area contributed by atoms with Gasteiger partial charge in [0, 0.05) is 11.6 Å². The van der Waals surface area contributed by atoms with Crippen LogP contribution >= 0.6 is 15.9 Å². The summed E-state index contributed by atoms with van der Waals surface area (Å²) in [7, 11) is 4.44. The van der Waals surface area contributed by atoms with Gasteiger partial charge in [0.1, 0.15) is 5.82 Å². The lowest BCUT2D eigenvalue weighted by Crippen LogP contribution is -2.13. The molecule has 0 aromatic heterocycles. The molecule has 0 aliphatic rings. The van der Waals surface area contributed by atoms with Crippen LogP contribution in [0.3, 0.4) is 0 Å². The smallest absolute Gasteiger partial charge is 0.166 e. The molecule has 0 spiro atoms. The molecule has 0 fully saturated rings. The molecule has 0 radical (unpaired) electrons. The van der Waals surface area contributed by atoms with Crippen LogP contribution in [-0.4, -0.2) is 21.3 Å². The fourth-order valence-corrected chi connectivity index (χ4v) is 1.75. The van der Waals surface area contributed by atoms with Crippen molar-refractivity contribution in [1.29, 1.82) is 0 Å². The molecule has 0 aliphatic carbocycles. The minimum atomic E-state index is -0.412. The molecule has 0 heterocycles. The molecule has 16 heavy (non-hydrogen) atoms. The number of rotatable bonds is 5. The van der Waals surface area contributed by atoms with Gasteiger partial charge in [-0.3, -0.25) is 0 Å². The molecule has 1 N–H and O–H groups in total. The van der Waals surface area contributed by atoms with E-state index in [-0.39, 0.29) is 0 Å². The molecule has 0 saturated heterocycles. The maximum absolute atomic E-state index is 13.5. The third-order valence-electron chi connectivity index (χ3n) is 2.05. The summed E-state index contributed by atoms with van der Waals surface area (Å²) in [6, 6.07) is 1.26. The van der Waals surface area contributed by atoms with Gasteiger partial charge >= 0.3 is 0 Å². The first kappa shape index (κ1) is 13.2. The molecule has 0 bridgehead atoms. The van der Waals surface area contributed by atoms with Crippen molar-refractivity contribution in [3.8, 4) is 11.5 Å². The second-order valence-electron chi connectivity index (χ2n) is 2.91. The number of ether oxygens (including phenoxy) is 2. The predicted octanol–water partition coefficient (Wildman–Crippen LogP) is 2.26. The monoisotopic (exact) mass is 293 g/mol. The lowest BCUT2D eigenvalue weighted by atomic mass is 10.2. The third kappa shape index (κ3) is 2.63. The van der Waals surface area contributed by atoms with Crippen LogP contribution in [0.1, 0.15) is 5.56 Å². The first-order valence-corrected chi connectivity index (χ1v) is 5.29. The van der Waals surface area contributed by atoms with Crippen LogP contribution in [0.25, 0.3) is 0 Å². The summed E-state index contributed by atoms with van der Waals surface area (Å²) in [6.07, 6.45) is 0. The average Bonchev–Trinajstić information content (AvgIpc) is 2.30. The van der Waals surface area contributed by atoms with Gasteiger partial charge in [0.15, 0.2) is 11.5 Å². The third-order valence-corrected chi connectivity index (χ3v) is 2.91. The number of methoxy groups -OCH3 is 2. The first-order chi connectivity index (χ1) is 7.65. The van der Waals surface area contributed by atoms with E-state index in [1.165, 1.54) is 27.4 Å². The fourth-order valence-electron chi connectivity index (χ4n) is 1.31. The van der Waals surface area contributed by atoms with Gasteiger partial charge in [-0.15, -0.1) is 0 Å². The van der Waals surface area contributed by atoms with Crippen molar-refractivity contribution in [2.24, 2.45) is 0 Å². The molecule has 1 aromatic carbocycles. The Balaban J connectivity index is 3.23. The highest BCUT2D eigenvalue weighted by Gasteiger charge is 2.17. The number of hydrogen-bond acceptors (Lipinski definition) is 4.